The van der Waals surface area contributed by atoms with E-state index in [2.05, 4.69) is 23.3 Å². The van der Waals surface area contributed by atoms with Crippen molar-refractivity contribution < 1.29 is 0 Å². The summed E-state index contributed by atoms with van der Waals surface area (Å²) in [6.45, 7) is 4.42. The van der Waals surface area contributed by atoms with Gasteiger partial charge in [0.25, 0.3) is 0 Å². The van der Waals surface area contributed by atoms with Crippen LogP contribution in [0.15, 0.2) is 0 Å². The van der Waals surface area contributed by atoms with Gasteiger partial charge >= 0.3 is 0 Å². The van der Waals surface area contributed by atoms with E-state index in [1.165, 1.54) is 32.2 Å². The molecule has 1 unspecified atom stereocenters. The van der Waals surface area contributed by atoms with Gasteiger partial charge in [0, 0.05) is 12.6 Å². The maximum Gasteiger partial charge on any atom is 0.104 e. The van der Waals surface area contributed by atoms with Crippen molar-refractivity contribution in [3.63, 3.8) is 0 Å². The van der Waals surface area contributed by atoms with Gasteiger partial charge in [-0.05, 0) is 65.0 Å². The highest BCUT2D eigenvalue weighted by molar-refractivity contribution is 5.07. The minimum atomic E-state index is -0.304. The van der Waals surface area contributed by atoms with Crippen LogP contribution in [0.25, 0.3) is 0 Å². The van der Waals surface area contributed by atoms with Crippen molar-refractivity contribution in [1.82, 2.24) is 10.2 Å². The highest BCUT2D eigenvalue weighted by Gasteiger charge is 2.32. The maximum absolute atomic E-state index is 9.26. The lowest BCUT2D eigenvalue weighted by atomic mass is 9.97. The third-order valence-corrected chi connectivity index (χ3v) is 3.83. The Labute approximate surface area is 105 Å². The molecular weight excluding hydrogens is 210 g/mol. The van der Waals surface area contributed by atoms with Crippen molar-refractivity contribution in [2.45, 2.75) is 57.0 Å². The summed E-state index contributed by atoms with van der Waals surface area (Å²) in [7, 11) is 2.20. The Balaban J connectivity index is 1.62. The first-order valence-corrected chi connectivity index (χ1v) is 6.99. The summed E-state index contributed by atoms with van der Waals surface area (Å²) < 4.78 is 0. The van der Waals surface area contributed by atoms with E-state index in [0.29, 0.717) is 6.04 Å². The van der Waals surface area contributed by atoms with Gasteiger partial charge in [-0.1, -0.05) is 0 Å². The Morgan fingerprint density at radius 1 is 1.35 bits per heavy atom. The van der Waals surface area contributed by atoms with E-state index in [-0.39, 0.29) is 5.54 Å². The van der Waals surface area contributed by atoms with E-state index in [9.17, 15) is 5.26 Å². The van der Waals surface area contributed by atoms with Crippen LogP contribution in [0, 0.1) is 17.2 Å². The molecule has 2 saturated carbocycles. The summed E-state index contributed by atoms with van der Waals surface area (Å²) in [5, 5.41) is 12.7. The summed E-state index contributed by atoms with van der Waals surface area (Å²) in [5.74, 6) is 0.965. The van der Waals surface area contributed by atoms with Gasteiger partial charge < -0.3 is 4.90 Å². The highest BCUT2D eigenvalue weighted by Crippen LogP contribution is 2.29. The molecule has 0 spiro atoms. The Kier molecular flexibility index (Phi) is 4.06. The van der Waals surface area contributed by atoms with Gasteiger partial charge in [0.15, 0.2) is 0 Å². The first-order valence-electron chi connectivity index (χ1n) is 6.99. The second-order valence-corrected chi connectivity index (χ2v) is 6.17. The summed E-state index contributed by atoms with van der Waals surface area (Å²) >= 11 is 0. The molecule has 3 nitrogen and oxygen atoms in total. The van der Waals surface area contributed by atoms with Gasteiger partial charge in [0.1, 0.15) is 5.54 Å². The molecule has 1 N–H and O–H groups in total. The van der Waals surface area contributed by atoms with E-state index >= 15 is 0 Å². The van der Waals surface area contributed by atoms with E-state index in [1.807, 2.05) is 6.92 Å². The van der Waals surface area contributed by atoms with Gasteiger partial charge in [-0.25, -0.2) is 0 Å². The van der Waals surface area contributed by atoms with E-state index in [0.717, 1.165) is 25.3 Å². The summed E-state index contributed by atoms with van der Waals surface area (Å²) in [5.41, 5.74) is -0.304. The molecule has 0 bridgehead atoms. The number of hydrogen-bond donors (Lipinski definition) is 1. The largest absolute Gasteiger partial charge is 0.306 e. The smallest absolute Gasteiger partial charge is 0.104 e. The molecule has 0 aromatic rings. The first-order chi connectivity index (χ1) is 8.11. The molecule has 96 valence electrons. The van der Waals surface area contributed by atoms with Crippen molar-refractivity contribution >= 4 is 0 Å². The summed E-state index contributed by atoms with van der Waals surface area (Å²) in [4.78, 5) is 2.42. The fourth-order valence-corrected chi connectivity index (χ4v) is 2.37. The van der Waals surface area contributed by atoms with E-state index in [1.54, 1.807) is 0 Å². The van der Waals surface area contributed by atoms with Crippen LogP contribution in [0.4, 0.5) is 0 Å². The molecule has 3 heteroatoms. The molecule has 2 aliphatic carbocycles. The standard InChI is InChI=1S/C14H25N3/c1-14(11-15,16-13-6-7-13)8-3-9-17(2)10-12-4-5-12/h12-13,16H,3-10H2,1-2H3. The van der Waals surface area contributed by atoms with Gasteiger partial charge in [0.2, 0.25) is 0 Å². The second kappa shape index (κ2) is 5.37. The van der Waals surface area contributed by atoms with Crippen LogP contribution in [0.5, 0.6) is 0 Å². The van der Waals surface area contributed by atoms with Crippen LogP contribution in [0.2, 0.25) is 0 Å². The fraction of sp³-hybridized carbons (Fsp3) is 0.929. The minimum Gasteiger partial charge on any atom is -0.306 e. The predicted molar refractivity (Wildman–Crippen MR) is 69.6 cm³/mol. The normalized spacial score (nSPS) is 23.4. The summed E-state index contributed by atoms with van der Waals surface area (Å²) in [6.07, 6.45) is 7.42. The third kappa shape index (κ3) is 4.65. The van der Waals surface area contributed by atoms with Gasteiger partial charge in [-0.3, -0.25) is 5.32 Å². The van der Waals surface area contributed by atoms with Crippen LogP contribution in [0.1, 0.15) is 45.4 Å². The fourth-order valence-electron chi connectivity index (χ4n) is 2.37. The molecule has 0 heterocycles. The van der Waals surface area contributed by atoms with Crippen LogP contribution in [-0.2, 0) is 0 Å². The van der Waals surface area contributed by atoms with Crippen LogP contribution < -0.4 is 5.32 Å². The molecule has 17 heavy (non-hydrogen) atoms. The average Bonchev–Trinajstić information content (AvgIpc) is 3.14. The van der Waals surface area contributed by atoms with Gasteiger partial charge in [-0.2, -0.15) is 5.26 Å². The SMILES string of the molecule is CN(CCCC(C)(C#N)NC1CC1)CC1CC1. The zero-order chi connectivity index (χ0) is 12.3. The van der Waals surface area contributed by atoms with Crippen LogP contribution in [0.3, 0.4) is 0 Å². The van der Waals surface area contributed by atoms with Crippen molar-refractivity contribution in [2.75, 3.05) is 20.1 Å². The molecule has 0 aliphatic heterocycles. The maximum atomic E-state index is 9.26. The molecule has 0 saturated heterocycles. The number of nitrogens with one attached hydrogen (secondary N) is 1. The first kappa shape index (κ1) is 12.9. The zero-order valence-electron chi connectivity index (χ0n) is 11.2. The highest BCUT2D eigenvalue weighted by atomic mass is 15.1. The number of nitrogens with zero attached hydrogens (tertiary/aromatic N) is 2. The molecular formula is C14H25N3. The van der Waals surface area contributed by atoms with Gasteiger partial charge in [0.05, 0.1) is 6.07 Å². The average molecular weight is 235 g/mol. The predicted octanol–water partition coefficient (Wildman–Crippen LogP) is 2.14. The molecule has 0 radical (unpaired) electrons. The van der Waals surface area contributed by atoms with Crippen molar-refractivity contribution in [1.29, 1.82) is 5.26 Å². The lowest BCUT2D eigenvalue weighted by Crippen LogP contribution is -2.42. The monoisotopic (exact) mass is 235 g/mol. The number of rotatable bonds is 8. The lowest BCUT2D eigenvalue weighted by molar-refractivity contribution is 0.294. The Morgan fingerprint density at radius 2 is 2.06 bits per heavy atom. The van der Waals surface area contributed by atoms with Crippen molar-refractivity contribution in [2.24, 2.45) is 5.92 Å². The molecule has 2 fully saturated rings. The number of nitriles is 1. The topological polar surface area (TPSA) is 39.1 Å². The second-order valence-electron chi connectivity index (χ2n) is 6.17. The number of hydrogen-bond acceptors (Lipinski definition) is 3. The van der Waals surface area contributed by atoms with Gasteiger partial charge in [-0.15, -0.1) is 0 Å². The van der Waals surface area contributed by atoms with Crippen molar-refractivity contribution in [3.05, 3.63) is 0 Å². The molecule has 0 amide bonds. The van der Waals surface area contributed by atoms with E-state index in [4.69, 9.17) is 0 Å². The molecule has 2 rings (SSSR count). The lowest BCUT2D eigenvalue weighted by Gasteiger charge is -2.24. The summed E-state index contributed by atoms with van der Waals surface area (Å²) in [6, 6.07) is 3.06. The quantitative estimate of drug-likeness (QED) is 0.700. The minimum absolute atomic E-state index is 0.304. The Morgan fingerprint density at radius 3 is 2.59 bits per heavy atom. The molecule has 1 atom stereocenters. The zero-order valence-corrected chi connectivity index (χ0v) is 11.2. The van der Waals surface area contributed by atoms with Crippen molar-refractivity contribution in [3.8, 4) is 6.07 Å². The van der Waals surface area contributed by atoms with E-state index < -0.39 is 0 Å². The molecule has 0 aromatic heterocycles. The third-order valence-electron chi connectivity index (χ3n) is 3.83. The van der Waals surface area contributed by atoms with Crippen LogP contribution in [-0.4, -0.2) is 36.6 Å². The van der Waals surface area contributed by atoms with Crippen LogP contribution >= 0.6 is 0 Å². The Hall–Kier alpha value is -0.590. The molecule has 2 aliphatic rings. The molecule has 0 aromatic carbocycles. The Bertz CT molecular complexity index is 288.